The third-order valence-corrected chi connectivity index (χ3v) is 5.37. The summed E-state index contributed by atoms with van der Waals surface area (Å²) >= 11 is 0. The minimum absolute atomic E-state index is 0.00463. The summed E-state index contributed by atoms with van der Waals surface area (Å²) in [5, 5.41) is 5.68. The highest BCUT2D eigenvalue weighted by atomic mass is 16.5. The monoisotopic (exact) mass is 455 g/mol. The van der Waals surface area contributed by atoms with E-state index in [2.05, 4.69) is 24.5 Å². The maximum Gasteiger partial charge on any atom is 0.319 e. The number of amides is 3. The standard InChI is InChI=1S/C25H33N3O5/c1-16(2)14-28-19-12-18(8-10-20(19)33-15-25(3,4)23(28)29)27-24(30)26-13-17-7-9-21(31-5)22(11-17)32-6/h7-12,16H,13-15H2,1-6H3,(H2,26,27,30). The number of ether oxygens (including phenoxy) is 3. The first-order valence-electron chi connectivity index (χ1n) is 11.0. The van der Waals surface area contributed by atoms with Crippen LogP contribution in [0.3, 0.4) is 0 Å². The van der Waals surface area contributed by atoms with E-state index in [-0.39, 0.29) is 17.9 Å². The number of nitrogens with zero attached hydrogens (tertiary/aromatic N) is 1. The maximum absolute atomic E-state index is 13.2. The second kappa shape index (κ2) is 10.0. The quantitative estimate of drug-likeness (QED) is 0.645. The molecule has 8 nitrogen and oxygen atoms in total. The maximum atomic E-state index is 13.2. The van der Waals surface area contributed by atoms with Gasteiger partial charge in [0.1, 0.15) is 12.4 Å². The van der Waals surface area contributed by atoms with Gasteiger partial charge < -0.3 is 29.7 Å². The molecule has 1 aliphatic rings. The minimum atomic E-state index is -0.641. The van der Waals surface area contributed by atoms with Gasteiger partial charge in [-0.05, 0) is 55.7 Å². The number of urea groups is 1. The van der Waals surface area contributed by atoms with Crippen molar-refractivity contribution >= 4 is 23.3 Å². The predicted molar refractivity (Wildman–Crippen MR) is 128 cm³/mol. The molecule has 0 atom stereocenters. The fourth-order valence-electron chi connectivity index (χ4n) is 3.62. The van der Waals surface area contributed by atoms with E-state index in [0.717, 1.165) is 5.56 Å². The summed E-state index contributed by atoms with van der Waals surface area (Å²) in [6.07, 6.45) is 0. The van der Waals surface area contributed by atoms with Gasteiger partial charge in [0.2, 0.25) is 5.91 Å². The van der Waals surface area contributed by atoms with Gasteiger partial charge in [-0.3, -0.25) is 4.79 Å². The number of benzene rings is 2. The van der Waals surface area contributed by atoms with Crippen molar-refractivity contribution in [1.82, 2.24) is 5.32 Å². The average Bonchev–Trinajstić information content (AvgIpc) is 2.87. The molecule has 0 aromatic heterocycles. The number of carbonyl (C=O) groups is 2. The Kier molecular flexibility index (Phi) is 7.36. The van der Waals surface area contributed by atoms with Gasteiger partial charge in [-0.1, -0.05) is 19.9 Å². The summed E-state index contributed by atoms with van der Waals surface area (Å²) in [5.41, 5.74) is 1.47. The fourth-order valence-corrected chi connectivity index (χ4v) is 3.62. The van der Waals surface area contributed by atoms with Crippen LogP contribution >= 0.6 is 0 Å². The average molecular weight is 456 g/mol. The second-order valence-corrected chi connectivity index (χ2v) is 9.16. The van der Waals surface area contributed by atoms with E-state index in [4.69, 9.17) is 14.2 Å². The molecule has 0 saturated carbocycles. The molecule has 3 rings (SSSR count). The van der Waals surface area contributed by atoms with E-state index in [9.17, 15) is 9.59 Å². The van der Waals surface area contributed by atoms with Crippen molar-refractivity contribution in [3.05, 3.63) is 42.0 Å². The molecule has 33 heavy (non-hydrogen) atoms. The van der Waals surface area contributed by atoms with Gasteiger partial charge in [-0.2, -0.15) is 0 Å². The molecule has 0 saturated heterocycles. The van der Waals surface area contributed by atoms with Gasteiger partial charge in [0.25, 0.3) is 0 Å². The number of hydrogen-bond acceptors (Lipinski definition) is 5. The first-order valence-corrected chi connectivity index (χ1v) is 11.0. The van der Waals surface area contributed by atoms with E-state index in [0.29, 0.717) is 48.3 Å². The molecule has 2 aromatic rings. The van der Waals surface area contributed by atoms with Crippen LogP contribution < -0.4 is 29.7 Å². The summed E-state index contributed by atoms with van der Waals surface area (Å²) in [6.45, 7) is 9.07. The normalized spacial score (nSPS) is 14.8. The van der Waals surface area contributed by atoms with Crippen molar-refractivity contribution < 1.29 is 23.8 Å². The first kappa shape index (κ1) is 24.2. The highest BCUT2D eigenvalue weighted by Gasteiger charge is 2.38. The molecule has 1 aliphatic heterocycles. The summed E-state index contributed by atoms with van der Waals surface area (Å²) in [5.74, 6) is 2.13. The third-order valence-electron chi connectivity index (χ3n) is 5.37. The molecule has 0 spiro atoms. The van der Waals surface area contributed by atoms with Crippen molar-refractivity contribution in [2.24, 2.45) is 11.3 Å². The van der Waals surface area contributed by atoms with Crippen LogP contribution in [0.1, 0.15) is 33.3 Å². The number of nitrogens with one attached hydrogen (secondary N) is 2. The SMILES string of the molecule is COc1ccc(CNC(=O)Nc2ccc3c(c2)N(CC(C)C)C(=O)C(C)(C)CO3)cc1OC. The van der Waals surface area contributed by atoms with E-state index < -0.39 is 5.41 Å². The molecule has 178 valence electrons. The third kappa shape index (κ3) is 5.69. The highest BCUT2D eigenvalue weighted by molar-refractivity contribution is 6.00. The van der Waals surface area contributed by atoms with Gasteiger partial charge in [-0.15, -0.1) is 0 Å². The van der Waals surface area contributed by atoms with Crippen LogP contribution in [-0.2, 0) is 11.3 Å². The van der Waals surface area contributed by atoms with E-state index in [1.807, 2.05) is 26.0 Å². The van der Waals surface area contributed by atoms with Gasteiger partial charge in [0.05, 0.1) is 25.3 Å². The topological polar surface area (TPSA) is 89.1 Å². The molecule has 8 heteroatoms. The van der Waals surface area contributed by atoms with Gasteiger partial charge in [-0.25, -0.2) is 4.79 Å². The summed E-state index contributed by atoms with van der Waals surface area (Å²) in [7, 11) is 3.14. The number of methoxy groups -OCH3 is 2. The lowest BCUT2D eigenvalue weighted by atomic mass is 9.92. The number of fused-ring (bicyclic) bond motifs is 1. The Bertz CT molecular complexity index is 1020. The van der Waals surface area contributed by atoms with E-state index >= 15 is 0 Å². The Morgan fingerprint density at radius 2 is 1.85 bits per heavy atom. The molecule has 2 aromatic carbocycles. The zero-order chi connectivity index (χ0) is 24.2. The summed E-state index contributed by atoms with van der Waals surface area (Å²) in [6, 6.07) is 10.5. The lowest BCUT2D eigenvalue weighted by Gasteiger charge is -2.29. The van der Waals surface area contributed by atoms with Crippen LogP contribution in [0, 0.1) is 11.3 Å². The molecule has 0 unspecified atom stereocenters. The molecular weight excluding hydrogens is 422 g/mol. The number of rotatable bonds is 7. The molecule has 0 radical (unpaired) electrons. The van der Waals surface area contributed by atoms with Crippen LogP contribution in [0.15, 0.2) is 36.4 Å². The van der Waals surface area contributed by atoms with Crippen LogP contribution in [-0.4, -0.2) is 39.3 Å². The molecule has 0 fully saturated rings. The number of hydrogen-bond donors (Lipinski definition) is 2. The van der Waals surface area contributed by atoms with Crippen LogP contribution in [0.25, 0.3) is 0 Å². The van der Waals surface area contributed by atoms with Gasteiger partial charge in [0, 0.05) is 18.8 Å². The van der Waals surface area contributed by atoms with Crippen molar-refractivity contribution in [1.29, 1.82) is 0 Å². The molecular formula is C25H33N3O5. The Hall–Kier alpha value is -3.42. The largest absolute Gasteiger partial charge is 0.493 e. The zero-order valence-electron chi connectivity index (χ0n) is 20.2. The summed E-state index contributed by atoms with van der Waals surface area (Å²) < 4.78 is 16.5. The Balaban J connectivity index is 1.74. The molecule has 3 amide bonds. The van der Waals surface area contributed by atoms with Crippen molar-refractivity contribution in [3.8, 4) is 17.2 Å². The molecule has 1 heterocycles. The zero-order valence-corrected chi connectivity index (χ0v) is 20.2. The Morgan fingerprint density at radius 3 is 2.52 bits per heavy atom. The van der Waals surface area contributed by atoms with Crippen molar-refractivity contribution in [3.63, 3.8) is 0 Å². The van der Waals surface area contributed by atoms with Crippen LogP contribution in [0.5, 0.6) is 17.2 Å². The lowest BCUT2D eigenvalue weighted by Crippen LogP contribution is -2.43. The lowest BCUT2D eigenvalue weighted by molar-refractivity contribution is -0.127. The highest BCUT2D eigenvalue weighted by Crippen LogP contribution is 2.38. The number of anilines is 2. The van der Waals surface area contributed by atoms with Crippen LogP contribution in [0.4, 0.5) is 16.2 Å². The molecule has 2 N–H and O–H groups in total. The summed E-state index contributed by atoms with van der Waals surface area (Å²) in [4.78, 5) is 27.5. The Morgan fingerprint density at radius 1 is 1.12 bits per heavy atom. The number of carbonyl (C=O) groups excluding carboxylic acids is 2. The van der Waals surface area contributed by atoms with Crippen molar-refractivity contribution in [2.45, 2.75) is 34.2 Å². The van der Waals surface area contributed by atoms with Crippen LogP contribution in [0.2, 0.25) is 0 Å². The predicted octanol–water partition coefficient (Wildman–Crippen LogP) is 4.43. The smallest absolute Gasteiger partial charge is 0.319 e. The van der Waals surface area contributed by atoms with Gasteiger partial charge >= 0.3 is 6.03 Å². The van der Waals surface area contributed by atoms with E-state index in [1.165, 1.54) is 0 Å². The molecule has 0 bridgehead atoms. The van der Waals surface area contributed by atoms with Gasteiger partial charge in [0.15, 0.2) is 11.5 Å². The second-order valence-electron chi connectivity index (χ2n) is 9.16. The fraction of sp³-hybridized carbons (Fsp3) is 0.440. The van der Waals surface area contributed by atoms with Crippen molar-refractivity contribution in [2.75, 3.05) is 37.6 Å². The molecule has 0 aliphatic carbocycles. The Labute approximate surface area is 195 Å². The minimum Gasteiger partial charge on any atom is -0.493 e. The van der Waals surface area contributed by atoms with E-state index in [1.54, 1.807) is 43.4 Å². The first-order chi connectivity index (χ1) is 15.6.